The normalized spacial score (nSPS) is 24.3. The molecule has 3 heterocycles. The first-order chi connectivity index (χ1) is 19.9. The molecule has 3 aliphatic rings. The fourth-order valence-electron chi connectivity index (χ4n) is 5.99. The van der Waals surface area contributed by atoms with Gasteiger partial charge in [0, 0.05) is 59.0 Å². The summed E-state index contributed by atoms with van der Waals surface area (Å²) in [6.45, 7) is 4.59. The predicted molar refractivity (Wildman–Crippen MR) is 150 cm³/mol. The van der Waals surface area contributed by atoms with Crippen LogP contribution in [0.25, 0.3) is 0 Å². The summed E-state index contributed by atoms with van der Waals surface area (Å²) in [5, 5.41) is 5.82. The lowest BCUT2D eigenvalue weighted by Gasteiger charge is -2.40. The van der Waals surface area contributed by atoms with Crippen LogP contribution in [0, 0.1) is 5.82 Å². The monoisotopic (exact) mass is 567 g/mol. The highest BCUT2D eigenvalue weighted by atomic mass is 19.1. The number of carbonyl (C=O) groups excluding carboxylic acids is 3. The molecule has 2 aromatic carbocycles. The lowest BCUT2D eigenvalue weighted by molar-refractivity contribution is -0.139. The first-order valence-electron chi connectivity index (χ1n) is 14.2. The summed E-state index contributed by atoms with van der Waals surface area (Å²) < 4.78 is 25.0. The molecular formula is C30H38FN5O5. The first-order valence-corrected chi connectivity index (χ1v) is 14.2. The summed E-state index contributed by atoms with van der Waals surface area (Å²) in [6.07, 6.45) is 0.917. The molecule has 0 aromatic heterocycles. The van der Waals surface area contributed by atoms with Gasteiger partial charge in [0.05, 0.1) is 17.6 Å². The summed E-state index contributed by atoms with van der Waals surface area (Å²) >= 11 is 0. The van der Waals surface area contributed by atoms with Gasteiger partial charge in [-0.15, -0.1) is 0 Å². The lowest BCUT2D eigenvalue weighted by Crippen LogP contribution is -2.57. The van der Waals surface area contributed by atoms with Crippen LogP contribution in [-0.4, -0.2) is 110 Å². The minimum absolute atomic E-state index is 0.0345. The Bertz CT molecular complexity index is 1220. The largest absolute Gasteiger partial charge is 0.491 e. The Morgan fingerprint density at radius 3 is 2.66 bits per heavy atom. The van der Waals surface area contributed by atoms with Crippen LogP contribution < -0.4 is 15.4 Å². The van der Waals surface area contributed by atoms with Crippen LogP contribution in [0.2, 0.25) is 0 Å². The highest BCUT2D eigenvalue weighted by Crippen LogP contribution is 2.26. The maximum absolute atomic E-state index is 14.2. The van der Waals surface area contributed by atoms with Gasteiger partial charge in [0.1, 0.15) is 24.8 Å². The van der Waals surface area contributed by atoms with E-state index in [9.17, 15) is 18.8 Å². The molecule has 220 valence electrons. The Hall–Kier alpha value is -3.54. The van der Waals surface area contributed by atoms with Crippen molar-refractivity contribution in [2.24, 2.45) is 0 Å². The standard InChI is InChI=1S/C30H38FN5O5/c1-40-20-28(37)33-23-16-24-19-41-27-8-7-22(31)15-25(27)29(38)32-10-9-26(30(39)36(24)18-23)35-13-11-34(12-14-35)17-21-5-3-2-4-6-21/h2-8,15,23-24,26H,9-14,16-20H2,1H3,(H,32,38)(H,33,37)/t23-,24-,26-/m0/s1. The topological polar surface area (TPSA) is 103 Å². The quantitative estimate of drug-likeness (QED) is 0.542. The third-order valence-corrected chi connectivity index (χ3v) is 8.04. The van der Waals surface area contributed by atoms with Gasteiger partial charge in [0.15, 0.2) is 0 Å². The van der Waals surface area contributed by atoms with Gasteiger partial charge in [-0.05, 0) is 36.6 Å². The fraction of sp³-hybridized carbons (Fsp3) is 0.500. The third kappa shape index (κ3) is 7.22. The second kappa shape index (κ2) is 13.4. The zero-order valence-corrected chi connectivity index (χ0v) is 23.4. The average Bonchev–Trinajstić information content (AvgIpc) is 3.37. The van der Waals surface area contributed by atoms with Gasteiger partial charge in [0.2, 0.25) is 11.8 Å². The van der Waals surface area contributed by atoms with Crippen LogP contribution in [0.1, 0.15) is 28.8 Å². The van der Waals surface area contributed by atoms with Gasteiger partial charge in [0.25, 0.3) is 5.91 Å². The number of carbonyl (C=O) groups is 3. The maximum Gasteiger partial charge on any atom is 0.255 e. The summed E-state index contributed by atoms with van der Waals surface area (Å²) in [4.78, 5) is 45.8. The molecule has 5 rings (SSSR count). The van der Waals surface area contributed by atoms with E-state index >= 15 is 0 Å². The molecule has 3 atom stereocenters. The zero-order valence-electron chi connectivity index (χ0n) is 23.4. The van der Waals surface area contributed by atoms with Gasteiger partial charge < -0.3 is 25.0 Å². The molecule has 3 amide bonds. The highest BCUT2D eigenvalue weighted by molar-refractivity contribution is 5.97. The van der Waals surface area contributed by atoms with E-state index in [0.29, 0.717) is 32.5 Å². The molecule has 0 aliphatic carbocycles. The number of piperazine rings is 1. The Kier molecular flexibility index (Phi) is 9.48. The van der Waals surface area contributed by atoms with Crippen molar-refractivity contribution in [2.75, 3.05) is 59.6 Å². The molecule has 0 saturated carbocycles. The first kappa shape index (κ1) is 29.0. The number of nitrogens with one attached hydrogen (secondary N) is 2. The maximum atomic E-state index is 14.2. The second-order valence-electron chi connectivity index (χ2n) is 10.9. The molecule has 10 nitrogen and oxygen atoms in total. The number of hydrogen-bond donors (Lipinski definition) is 2. The van der Waals surface area contributed by atoms with Crippen molar-refractivity contribution in [3.8, 4) is 5.75 Å². The van der Waals surface area contributed by atoms with Gasteiger partial charge in [-0.25, -0.2) is 4.39 Å². The smallest absolute Gasteiger partial charge is 0.255 e. The predicted octanol–water partition coefficient (Wildman–Crippen LogP) is 1.26. The minimum atomic E-state index is -0.528. The number of nitrogens with zero attached hydrogens (tertiary/aromatic N) is 3. The Labute approximate surface area is 239 Å². The van der Waals surface area contributed by atoms with Crippen molar-refractivity contribution < 1.29 is 28.2 Å². The molecule has 2 aromatic rings. The molecular weight excluding hydrogens is 529 g/mol. The molecule has 2 N–H and O–H groups in total. The summed E-state index contributed by atoms with van der Waals surface area (Å²) in [7, 11) is 1.46. The van der Waals surface area contributed by atoms with E-state index in [1.807, 2.05) is 23.1 Å². The van der Waals surface area contributed by atoms with Crippen LogP contribution in [0.5, 0.6) is 5.75 Å². The minimum Gasteiger partial charge on any atom is -0.491 e. The number of fused-ring (bicyclic) bond motifs is 2. The van der Waals surface area contributed by atoms with E-state index in [4.69, 9.17) is 9.47 Å². The van der Waals surface area contributed by atoms with E-state index in [1.54, 1.807) is 0 Å². The van der Waals surface area contributed by atoms with E-state index in [1.165, 1.54) is 30.9 Å². The van der Waals surface area contributed by atoms with E-state index in [0.717, 1.165) is 19.6 Å². The molecule has 2 fully saturated rings. The molecule has 0 bridgehead atoms. The average molecular weight is 568 g/mol. The number of hydrogen-bond acceptors (Lipinski definition) is 7. The van der Waals surface area contributed by atoms with Crippen molar-refractivity contribution in [1.82, 2.24) is 25.3 Å². The van der Waals surface area contributed by atoms with E-state index in [-0.39, 0.29) is 55.0 Å². The summed E-state index contributed by atoms with van der Waals surface area (Å²) in [6, 6.07) is 13.2. The Morgan fingerprint density at radius 2 is 1.90 bits per heavy atom. The molecule has 41 heavy (non-hydrogen) atoms. The van der Waals surface area contributed by atoms with Crippen LogP contribution in [0.4, 0.5) is 4.39 Å². The number of amides is 3. The fourth-order valence-corrected chi connectivity index (χ4v) is 5.99. The van der Waals surface area contributed by atoms with Crippen molar-refractivity contribution in [1.29, 1.82) is 0 Å². The van der Waals surface area contributed by atoms with E-state index < -0.39 is 17.8 Å². The highest BCUT2D eigenvalue weighted by Gasteiger charge is 2.41. The summed E-state index contributed by atoms with van der Waals surface area (Å²) in [5.74, 6) is -0.986. The van der Waals surface area contributed by atoms with Crippen molar-refractivity contribution >= 4 is 17.7 Å². The Balaban J connectivity index is 1.34. The van der Waals surface area contributed by atoms with Crippen LogP contribution in [-0.2, 0) is 20.9 Å². The molecule has 2 saturated heterocycles. The van der Waals surface area contributed by atoms with Crippen molar-refractivity contribution in [2.45, 2.75) is 37.5 Å². The molecule has 0 radical (unpaired) electrons. The van der Waals surface area contributed by atoms with Crippen molar-refractivity contribution in [3.63, 3.8) is 0 Å². The molecule has 3 aliphatic heterocycles. The van der Waals surface area contributed by atoms with Crippen LogP contribution in [0.3, 0.4) is 0 Å². The molecule has 0 unspecified atom stereocenters. The number of ether oxygens (including phenoxy) is 2. The molecule has 0 spiro atoms. The van der Waals surface area contributed by atoms with Gasteiger partial charge in [-0.3, -0.25) is 24.2 Å². The number of rotatable bonds is 6. The third-order valence-electron chi connectivity index (χ3n) is 8.04. The van der Waals surface area contributed by atoms with Gasteiger partial charge in [-0.2, -0.15) is 0 Å². The van der Waals surface area contributed by atoms with Crippen molar-refractivity contribution in [3.05, 3.63) is 65.5 Å². The van der Waals surface area contributed by atoms with E-state index in [2.05, 4.69) is 32.6 Å². The number of benzene rings is 2. The second-order valence-corrected chi connectivity index (χ2v) is 10.9. The van der Waals surface area contributed by atoms with Crippen LogP contribution in [0.15, 0.2) is 48.5 Å². The number of halogens is 1. The zero-order chi connectivity index (χ0) is 28.8. The SMILES string of the molecule is COCC(=O)N[C@H]1C[C@H]2COc3ccc(F)cc3C(=O)NCC[C@H](N3CCN(Cc4ccccc4)CC3)C(=O)N2C1. The molecule has 11 heteroatoms. The van der Waals surface area contributed by atoms with Gasteiger partial charge >= 0.3 is 0 Å². The van der Waals surface area contributed by atoms with Crippen LogP contribution >= 0.6 is 0 Å². The summed E-state index contributed by atoms with van der Waals surface area (Å²) in [5.41, 5.74) is 1.38. The lowest BCUT2D eigenvalue weighted by atomic mass is 10.1. The number of methoxy groups -OCH3 is 1. The Morgan fingerprint density at radius 1 is 1.12 bits per heavy atom. The van der Waals surface area contributed by atoms with Gasteiger partial charge in [-0.1, -0.05) is 30.3 Å².